The Bertz CT molecular complexity index is 1490. The minimum Gasteiger partial charge on any atom is -0.387 e. The van der Waals surface area contributed by atoms with E-state index >= 15 is 0 Å². The van der Waals surface area contributed by atoms with E-state index in [1.807, 2.05) is 0 Å². The number of thiophene rings is 1. The van der Waals surface area contributed by atoms with Crippen LogP contribution in [0.4, 0.5) is 15.8 Å². The largest absolute Gasteiger partial charge is 0.387 e. The van der Waals surface area contributed by atoms with Crippen LogP contribution in [0.25, 0.3) is 0 Å². The molecule has 2 heterocycles. The number of ketones is 1. The monoisotopic (exact) mass is 554 g/mol. The summed E-state index contributed by atoms with van der Waals surface area (Å²) in [5.74, 6) is -3.64. The molecule has 0 saturated carbocycles. The number of fused-ring (bicyclic) bond motifs is 1. The number of nitrogens with one attached hydrogen (secondary N) is 1. The molecule has 182 valence electrons. The number of benzene rings is 2. The first kappa shape index (κ1) is 25.3. The third kappa shape index (κ3) is 5.11. The van der Waals surface area contributed by atoms with Gasteiger partial charge in [-0.05, 0) is 47.5 Å². The van der Waals surface area contributed by atoms with Gasteiger partial charge in [-0.1, -0.05) is 29.3 Å². The quantitative estimate of drug-likeness (QED) is 0.430. The van der Waals surface area contributed by atoms with Gasteiger partial charge in [-0.25, -0.2) is 17.7 Å². The first-order valence-corrected chi connectivity index (χ1v) is 13.4. The number of hydrogen-bond donors (Lipinski definition) is 1. The number of amides is 2. The van der Waals surface area contributed by atoms with Crippen LogP contribution in [0.3, 0.4) is 0 Å². The van der Waals surface area contributed by atoms with Crippen LogP contribution in [0.1, 0.15) is 21.5 Å². The molecule has 12 heteroatoms. The Morgan fingerprint density at radius 1 is 1.14 bits per heavy atom. The second kappa shape index (κ2) is 9.69. The smallest absolute Gasteiger partial charge is 0.265 e. The summed E-state index contributed by atoms with van der Waals surface area (Å²) in [5, 5.41) is 3.16. The van der Waals surface area contributed by atoms with Crippen molar-refractivity contribution in [3.8, 4) is 0 Å². The first-order valence-electron chi connectivity index (χ1n) is 10.2. The van der Waals surface area contributed by atoms with Crippen molar-refractivity contribution in [1.82, 2.24) is 0 Å². The van der Waals surface area contributed by atoms with Crippen molar-refractivity contribution in [2.24, 2.45) is 0 Å². The van der Waals surface area contributed by atoms with Gasteiger partial charge in [0.25, 0.3) is 5.91 Å². The molecule has 1 aliphatic rings. The van der Waals surface area contributed by atoms with E-state index in [2.05, 4.69) is 5.32 Å². The van der Waals surface area contributed by atoms with Crippen LogP contribution in [0.2, 0.25) is 9.36 Å². The summed E-state index contributed by atoms with van der Waals surface area (Å²) in [5.41, 5.74) is 1.15. The van der Waals surface area contributed by atoms with Crippen molar-refractivity contribution in [1.29, 1.82) is 0 Å². The summed E-state index contributed by atoms with van der Waals surface area (Å²) in [7, 11) is -2.21. The third-order valence-corrected chi connectivity index (χ3v) is 9.15. The summed E-state index contributed by atoms with van der Waals surface area (Å²) < 4.78 is 40.0. The molecule has 0 unspecified atom stereocenters. The fraction of sp³-hybridized carbons (Fsp3) is 0.174. The molecule has 0 fully saturated rings. The lowest BCUT2D eigenvalue weighted by atomic mass is 9.96. The minimum atomic E-state index is -3.87. The number of anilines is 2. The number of Topliss-reactive ketones (excluding diaryl/α,β-unsaturated/α-hetero) is 1. The number of carbonyl (C=O) groups is 3. The molecule has 0 saturated heterocycles. The average molecular weight is 555 g/mol. The lowest BCUT2D eigenvalue weighted by Gasteiger charge is -2.28. The summed E-state index contributed by atoms with van der Waals surface area (Å²) in [6.45, 7) is 0. The van der Waals surface area contributed by atoms with Gasteiger partial charge < -0.3 is 5.32 Å². The summed E-state index contributed by atoms with van der Waals surface area (Å²) in [6.07, 6.45) is -0.472. The number of sulfone groups is 1. The number of nitrogens with zero attached hydrogens (tertiary/aromatic N) is 1. The zero-order valence-corrected chi connectivity index (χ0v) is 21.2. The van der Waals surface area contributed by atoms with Crippen LogP contribution in [-0.4, -0.2) is 38.8 Å². The van der Waals surface area contributed by atoms with Crippen LogP contribution >= 0.6 is 34.5 Å². The predicted molar refractivity (Wildman–Crippen MR) is 133 cm³/mol. The Kier molecular flexibility index (Phi) is 7.01. The molecule has 3 aromatic rings. The van der Waals surface area contributed by atoms with Gasteiger partial charge in [0.05, 0.1) is 27.2 Å². The van der Waals surface area contributed by atoms with E-state index in [-0.39, 0.29) is 43.2 Å². The van der Waals surface area contributed by atoms with E-state index in [1.54, 1.807) is 13.1 Å². The predicted octanol–water partition coefficient (Wildman–Crippen LogP) is 4.55. The molecule has 0 aliphatic carbocycles. The molecule has 1 aromatic heterocycles. The molecule has 2 amide bonds. The number of hydrogen-bond acceptors (Lipinski definition) is 7. The topological polar surface area (TPSA) is 101 Å². The van der Waals surface area contributed by atoms with Crippen LogP contribution in [-0.2, 0) is 32.3 Å². The Morgan fingerprint density at radius 2 is 1.89 bits per heavy atom. The van der Waals surface area contributed by atoms with Crippen molar-refractivity contribution >= 4 is 73.3 Å². The Labute approximate surface area is 214 Å². The van der Waals surface area contributed by atoms with E-state index in [0.29, 0.717) is 11.3 Å². The van der Waals surface area contributed by atoms with E-state index in [1.165, 1.54) is 30.3 Å². The molecule has 4 rings (SSSR count). The highest BCUT2D eigenvalue weighted by Gasteiger charge is 2.34. The molecule has 0 atom stereocenters. The molecule has 0 radical (unpaired) electrons. The number of carbonyl (C=O) groups excluding carboxylic acids is 3. The van der Waals surface area contributed by atoms with E-state index in [9.17, 15) is 27.2 Å². The number of halogens is 3. The van der Waals surface area contributed by atoms with Gasteiger partial charge in [0.15, 0.2) is 15.6 Å². The third-order valence-electron chi connectivity index (χ3n) is 5.35. The maximum Gasteiger partial charge on any atom is 0.265 e. The Balaban J connectivity index is 1.54. The SMILES string of the molecule is CNc1cc2c(cc1Cl)C(=O)N(c1ccc(CC(=O)CS(=O)(=O)c3ccc(Cl)s3)cc1F)C(=O)C2. The summed E-state index contributed by atoms with van der Waals surface area (Å²) >= 11 is 12.8. The highest BCUT2D eigenvalue weighted by Crippen LogP contribution is 2.33. The first-order chi connectivity index (χ1) is 16.5. The van der Waals surface area contributed by atoms with Crippen molar-refractivity contribution < 1.29 is 27.2 Å². The minimum absolute atomic E-state index is 0.0262. The molecule has 0 spiro atoms. The highest BCUT2D eigenvalue weighted by molar-refractivity contribution is 7.94. The molecule has 7 nitrogen and oxygen atoms in total. The van der Waals surface area contributed by atoms with Gasteiger partial charge in [-0.15, -0.1) is 11.3 Å². The van der Waals surface area contributed by atoms with Crippen LogP contribution in [0.15, 0.2) is 46.7 Å². The number of rotatable bonds is 7. The molecule has 1 aliphatic heterocycles. The molecule has 35 heavy (non-hydrogen) atoms. The fourth-order valence-corrected chi connectivity index (χ4v) is 6.81. The van der Waals surface area contributed by atoms with Gasteiger partial charge in [0, 0.05) is 19.0 Å². The lowest BCUT2D eigenvalue weighted by Crippen LogP contribution is -2.43. The van der Waals surface area contributed by atoms with Crippen LogP contribution < -0.4 is 10.2 Å². The Morgan fingerprint density at radius 3 is 2.51 bits per heavy atom. The summed E-state index contributed by atoms with van der Waals surface area (Å²) in [6, 6.07) is 9.38. The molecule has 0 bridgehead atoms. The number of imide groups is 1. The van der Waals surface area contributed by atoms with Gasteiger partial charge >= 0.3 is 0 Å². The zero-order valence-electron chi connectivity index (χ0n) is 18.1. The van der Waals surface area contributed by atoms with Gasteiger partial charge in [0.1, 0.15) is 15.8 Å². The van der Waals surface area contributed by atoms with Crippen molar-refractivity contribution in [3.05, 3.63) is 74.3 Å². The maximum absolute atomic E-state index is 15.0. The van der Waals surface area contributed by atoms with Crippen molar-refractivity contribution in [3.63, 3.8) is 0 Å². The average Bonchev–Trinajstić information content (AvgIpc) is 3.22. The fourth-order valence-electron chi connectivity index (χ4n) is 3.74. The van der Waals surface area contributed by atoms with Gasteiger partial charge in [-0.3, -0.25) is 14.4 Å². The zero-order chi connectivity index (χ0) is 25.5. The standard InChI is InChI=1S/C23H17Cl2FN2O5S2/c1-27-18-8-13-9-21(30)28(23(31)15(13)10-16(18)24)19-3-2-12(7-17(19)26)6-14(29)11-35(32,33)22-5-4-20(25)34-22/h2-5,7-8,10,27H,6,9,11H2,1H3. The normalized spacial score (nSPS) is 13.7. The van der Waals surface area contributed by atoms with Crippen molar-refractivity contribution in [2.75, 3.05) is 23.0 Å². The van der Waals surface area contributed by atoms with Crippen LogP contribution in [0.5, 0.6) is 0 Å². The van der Waals surface area contributed by atoms with E-state index in [4.69, 9.17) is 23.2 Å². The van der Waals surface area contributed by atoms with Crippen molar-refractivity contribution in [2.45, 2.75) is 17.1 Å². The lowest BCUT2D eigenvalue weighted by molar-refractivity contribution is -0.118. The van der Waals surface area contributed by atoms with Gasteiger partial charge in [0.2, 0.25) is 5.91 Å². The Hall–Kier alpha value is -2.79. The molecule has 1 N–H and O–H groups in total. The molecule has 2 aromatic carbocycles. The van der Waals surface area contributed by atoms with Crippen LogP contribution in [0, 0.1) is 5.82 Å². The van der Waals surface area contributed by atoms with Gasteiger partial charge in [-0.2, -0.15) is 0 Å². The summed E-state index contributed by atoms with van der Waals surface area (Å²) in [4.78, 5) is 38.8. The second-order valence-electron chi connectivity index (χ2n) is 7.77. The maximum atomic E-state index is 15.0. The highest BCUT2D eigenvalue weighted by atomic mass is 35.5. The van der Waals surface area contributed by atoms with E-state index in [0.717, 1.165) is 22.3 Å². The van der Waals surface area contributed by atoms with E-state index < -0.39 is 39.0 Å². The molecular formula is C23H17Cl2FN2O5S2. The second-order valence-corrected chi connectivity index (χ2v) is 12.1. The molecular weight excluding hydrogens is 538 g/mol.